The number of sulfonamides is 1. The smallest absolute Gasteiger partial charge is 0.428 e. The number of benzene rings is 1. The number of carbonyl (C=O) groups excluding carboxylic acids is 1. The first-order chi connectivity index (χ1) is 8.27. The maximum atomic E-state index is 11.6. The van der Waals surface area contributed by atoms with Gasteiger partial charge in [-0.2, -0.15) is 4.31 Å². The van der Waals surface area contributed by atoms with E-state index in [4.69, 9.17) is 23.2 Å². The number of carbonyl (C=O) groups is 1. The number of nitrogens with zero attached hydrogens (tertiary/aromatic N) is 1. The average Bonchev–Trinajstić information content (AvgIpc) is 2.22. The van der Waals surface area contributed by atoms with Crippen molar-refractivity contribution in [1.82, 2.24) is 0 Å². The lowest BCUT2D eigenvalue weighted by Gasteiger charge is -2.19. The number of rotatable bonds is 3. The summed E-state index contributed by atoms with van der Waals surface area (Å²) in [5, 5.41) is 0.407. The lowest BCUT2D eigenvalue weighted by atomic mass is 10.3. The second-order valence-corrected chi connectivity index (χ2v) is 5.97. The maximum Gasteiger partial charge on any atom is 0.428 e. The second kappa shape index (κ2) is 5.77. The van der Waals surface area contributed by atoms with Crippen molar-refractivity contribution in [2.24, 2.45) is 0 Å². The standard InChI is InChI=1S/C10H11Cl2NO4S/c1-3-17-10(14)13(18(2,15)16)7-4-5-8(11)9(12)6-7/h4-6H,3H2,1-2H3. The van der Waals surface area contributed by atoms with Crippen LogP contribution in [0, 0.1) is 0 Å². The molecule has 0 saturated heterocycles. The molecule has 18 heavy (non-hydrogen) atoms. The summed E-state index contributed by atoms with van der Waals surface area (Å²) in [6.45, 7) is 1.64. The van der Waals surface area contributed by atoms with Crippen LogP contribution in [-0.2, 0) is 14.8 Å². The van der Waals surface area contributed by atoms with E-state index in [2.05, 4.69) is 4.74 Å². The molecule has 0 unspecified atom stereocenters. The van der Waals surface area contributed by atoms with Crippen LogP contribution in [0.5, 0.6) is 0 Å². The van der Waals surface area contributed by atoms with Gasteiger partial charge in [0.1, 0.15) is 0 Å². The van der Waals surface area contributed by atoms with E-state index in [1.54, 1.807) is 6.92 Å². The van der Waals surface area contributed by atoms with Crippen LogP contribution in [0.3, 0.4) is 0 Å². The van der Waals surface area contributed by atoms with Gasteiger partial charge in [-0.3, -0.25) is 0 Å². The molecule has 1 rings (SSSR count). The Bertz CT molecular complexity index is 559. The topological polar surface area (TPSA) is 63.7 Å². The van der Waals surface area contributed by atoms with E-state index in [9.17, 15) is 13.2 Å². The number of hydrogen-bond acceptors (Lipinski definition) is 4. The summed E-state index contributed by atoms with van der Waals surface area (Å²) in [7, 11) is -3.81. The summed E-state index contributed by atoms with van der Waals surface area (Å²) in [4.78, 5) is 11.6. The molecular formula is C10H11Cl2NO4S. The third kappa shape index (κ3) is 3.51. The second-order valence-electron chi connectivity index (χ2n) is 3.32. The highest BCUT2D eigenvalue weighted by Crippen LogP contribution is 2.28. The first-order valence-corrected chi connectivity index (χ1v) is 7.50. The van der Waals surface area contributed by atoms with E-state index < -0.39 is 16.1 Å². The fourth-order valence-electron chi connectivity index (χ4n) is 1.23. The number of halogens is 2. The van der Waals surface area contributed by atoms with Crippen molar-refractivity contribution in [2.45, 2.75) is 6.92 Å². The maximum absolute atomic E-state index is 11.6. The van der Waals surface area contributed by atoms with Gasteiger partial charge in [0.05, 0.1) is 28.6 Å². The molecule has 0 aliphatic rings. The highest BCUT2D eigenvalue weighted by atomic mass is 35.5. The van der Waals surface area contributed by atoms with Crippen molar-refractivity contribution in [1.29, 1.82) is 0 Å². The molecule has 0 fully saturated rings. The molecule has 0 N–H and O–H groups in total. The SMILES string of the molecule is CCOC(=O)N(c1ccc(Cl)c(Cl)c1)S(C)(=O)=O. The average molecular weight is 312 g/mol. The van der Waals surface area contributed by atoms with Crippen LogP contribution in [0.25, 0.3) is 0 Å². The third-order valence-electron chi connectivity index (χ3n) is 1.90. The fraction of sp³-hybridized carbons (Fsp3) is 0.300. The van der Waals surface area contributed by atoms with Gasteiger partial charge in [-0.15, -0.1) is 0 Å². The lowest BCUT2D eigenvalue weighted by molar-refractivity contribution is 0.164. The molecule has 100 valence electrons. The molecule has 0 saturated carbocycles. The molecule has 0 aromatic heterocycles. The molecule has 1 amide bonds. The van der Waals surface area contributed by atoms with Gasteiger partial charge in [-0.1, -0.05) is 23.2 Å². The summed E-state index contributed by atoms with van der Waals surface area (Å²) >= 11 is 11.5. The van der Waals surface area contributed by atoms with E-state index in [1.807, 2.05) is 0 Å². The van der Waals surface area contributed by atoms with Crippen LogP contribution in [-0.4, -0.2) is 27.4 Å². The van der Waals surface area contributed by atoms with E-state index in [-0.39, 0.29) is 22.3 Å². The normalized spacial score (nSPS) is 11.1. The molecule has 5 nitrogen and oxygen atoms in total. The molecule has 0 spiro atoms. The van der Waals surface area contributed by atoms with Gasteiger partial charge in [-0.25, -0.2) is 13.2 Å². The van der Waals surface area contributed by atoms with E-state index >= 15 is 0 Å². The molecule has 0 bridgehead atoms. The Morgan fingerprint density at radius 2 is 1.94 bits per heavy atom. The molecule has 1 aromatic carbocycles. The molecular weight excluding hydrogens is 301 g/mol. The van der Waals surface area contributed by atoms with Gasteiger partial charge in [0.25, 0.3) is 0 Å². The van der Waals surface area contributed by atoms with Gasteiger partial charge >= 0.3 is 6.09 Å². The summed E-state index contributed by atoms with van der Waals surface area (Å²) in [6.07, 6.45) is -0.0923. The Kier molecular flexibility index (Phi) is 4.84. The largest absolute Gasteiger partial charge is 0.449 e. The van der Waals surface area contributed by atoms with Crippen LogP contribution in [0.1, 0.15) is 6.92 Å². The quantitative estimate of drug-likeness (QED) is 0.861. The predicted octanol–water partition coefficient (Wildman–Crippen LogP) is 2.92. The van der Waals surface area contributed by atoms with Crippen LogP contribution >= 0.6 is 23.2 Å². The third-order valence-corrected chi connectivity index (χ3v) is 3.67. The molecule has 0 heterocycles. The lowest BCUT2D eigenvalue weighted by Crippen LogP contribution is -2.36. The van der Waals surface area contributed by atoms with Crippen molar-refractivity contribution >= 4 is 45.0 Å². The summed E-state index contributed by atoms with van der Waals surface area (Å²) in [6, 6.07) is 4.05. The van der Waals surface area contributed by atoms with Crippen molar-refractivity contribution in [3.8, 4) is 0 Å². The summed E-state index contributed by atoms with van der Waals surface area (Å²) < 4.78 is 28.4. The number of hydrogen-bond donors (Lipinski definition) is 0. The van der Waals surface area contributed by atoms with Gasteiger partial charge in [0, 0.05) is 0 Å². The first-order valence-electron chi connectivity index (χ1n) is 4.89. The zero-order valence-electron chi connectivity index (χ0n) is 9.68. The van der Waals surface area contributed by atoms with Crippen molar-refractivity contribution in [3.05, 3.63) is 28.2 Å². The van der Waals surface area contributed by atoms with E-state index in [1.165, 1.54) is 18.2 Å². The van der Waals surface area contributed by atoms with E-state index in [0.717, 1.165) is 6.26 Å². The number of amides is 1. The Morgan fingerprint density at radius 3 is 2.39 bits per heavy atom. The van der Waals surface area contributed by atoms with Gasteiger partial charge in [0.15, 0.2) is 0 Å². The molecule has 0 aliphatic heterocycles. The van der Waals surface area contributed by atoms with Crippen LogP contribution in [0.4, 0.5) is 10.5 Å². The Balaban J connectivity index is 3.27. The molecule has 8 heteroatoms. The van der Waals surface area contributed by atoms with E-state index in [0.29, 0.717) is 4.31 Å². The number of anilines is 1. The zero-order valence-corrected chi connectivity index (χ0v) is 12.0. The predicted molar refractivity (Wildman–Crippen MR) is 70.8 cm³/mol. The molecule has 0 aliphatic carbocycles. The van der Waals surface area contributed by atoms with Gasteiger partial charge < -0.3 is 4.74 Å². The Hall–Kier alpha value is -0.980. The first kappa shape index (κ1) is 15.1. The highest BCUT2D eigenvalue weighted by molar-refractivity contribution is 7.92. The van der Waals surface area contributed by atoms with Crippen molar-refractivity contribution in [3.63, 3.8) is 0 Å². The van der Waals surface area contributed by atoms with Gasteiger partial charge in [-0.05, 0) is 25.1 Å². The summed E-state index contributed by atoms with van der Waals surface area (Å²) in [5.74, 6) is 0. The minimum absolute atomic E-state index is 0.0617. The fourth-order valence-corrected chi connectivity index (χ4v) is 2.34. The Labute approximate surface area is 115 Å². The number of ether oxygens (including phenoxy) is 1. The molecule has 1 aromatic rings. The van der Waals surface area contributed by atoms with Crippen LogP contribution in [0.2, 0.25) is 10.0 Å². The van der Waals surface area contributed by atoms with Crippen LogP contribution in [0.15, 0.2) is 18.2 Å². The monoisotopic (exact) mass is 311 g/mol. The molecule has 0 radical (unpaired) electrons. The van der Waals surface area contributed by atoms with Crippen LogP contribution < -0.4 is 4.31 Å². The zero-order chi connectivity index (χ0) is 13.9. The van der Waals surface area contributed by atoms with Crippen molar-refractivity contribution < 1.29 is 17.9 Å². The van der Waals surface area contributed by atoms with Gasteiger partial charge in [0.2, 0.25) is 10.0 Å². The molecule has 0 atom stereocenters. The Morgan fingerprint density at radius 1 is 1.33 bits per heavy atom. The van der Waals surface area contributed by atoms with Crippen molar-refractivity contribution in [2.75, 3.05) is 17.2 Å². The minimum atomic E-state index is -3.81. The summed E-state index contributed by atoms with van der Waals surface area (Å²) in [5.41, 5.74) is 0.0744. The highest BCUT2D eigenvalue weighted by Gasteiger charge is 2.27. The minimum Gasteiger partial charge on any atom is -0.449 e.